The van der Waals surface area contributed by atoms with Gasteiger partial charge in [0.15, 0.2) is 0 Å². The molecule has 0 aliphatic carbocycles. The van der Waals surface area contributed by atoms with Crippen LogP contribution in [0.4, 0.5) is 0 Å². The van der Waals surface area contributed by atoms with Gasteiger partial charge in [-0.25, -0.2) is 4.89 Å². The third-order valence-corrected chi connectivity index (χ3v) is 2.07. The molecule has 0 saturated carbocycles. The monoisotopic (exact) mass is 104 g/mol. The molecule has 1 aliphatic rings. The van der Waals surface area contributed by atoms with Crippen molar-refractivity contribution in [3.63, 3.8) is 0 Å². The Hall–Kier alpha value is 0.137. The molecule has 0 aromatic heterocycles. The van der Waals surface area contributed by atoms with Crippen molar-refractivity contribution >= 4 is 8.32 Å². The molecule has 0 radical (unpaired) electrons. The van der Waals surface area contributed by atoms with Crippen molar-refractivity contribution in [2.24, 2.45) is 0 Å². The van der Waals surface area contributed by atoms with Gasteiger partial charge in [-0.05, 0) is 13.1 Å². The zero-order valence-electron chi connectivity index (χ0n) is 4.02. The molecule has 0 bridgehead atoms. The molecule has 1 fully saturated rings. The molecule has 0 N–H and O–H groups in total. The molecule has 0 amide bonds. The summed E-state index contributed by atoms with van der Waals surface area (Å²) in [4.78, 5) is 4.50. The van der Waals surface area contributed by atoms with Gasteiger partial charge in [-0.15, -0.1) is 0 Å². The minimum absolute atomic E-state index is 0.868. The van der Waals surface area contributed by atoms with Crippen molar-refractivity contribution in [3.8, 4) is 0 Å². The third-order valence-electron chi connectivity index (χ3n) is 0.691. The first-order valence-corrected chi connectivity index (χ1v) is 5.13. The lowest BCUT2D eigenvalue weighted by Crippen LogP contribution is -2.46. The van der Waals surface area contributed by atoms with Crippen molar-refractivity contribution in [2.75, 3.05) is 6.23 Å². The molecular weight excluding hydrogens is 96.1 g/mol. The maximum Gasteiger partial charge on any atom is 0.261 e. The Labute approximate surface area is 38.1 Å². The first-order chi connectivity index (χ1) is 2.71. The maximum absolute atomic E-state index is 4.76. The van der Waals surface area contributed by atoms with E-state index in [2.05, 4.69) is 18.0 Å². The summed E-state index contributed by atoms with van der Waals surface area (Å²) in [5.41, 5.74) is 0. The van der Waals surface area contributed by atoms with Crippen molar-refractivity contribution < 1.29 is 9.46 Å². The molecule has 0 aromatic carbocycles. The van der Waals surface area contributed by atoms with E-state index in [0.29, 0.717) is 0 Å². The van der Waals surface area contributed by atoms with Gasteiger partial charge in [0.2, 0.25) is 0 Å². The van der Waals surface area contributed by atoms with Gasteiger partial charge in [0.25, 0.3) is 8.32 Å². The van der Waals surface area contributed by atoms with Crippen LogP contribution < -0.4 is 0 Å². The summed E-state index contributed by atoms with van der Waals surface area (Å²) in [6, 6.07) is 0. The number of hydrogen-bond acceptors (Lipinski definition) is 2. The number of rotatable bonds is 0. The Bertz CT molecular complexity index is 55.8. The summed E-state index contributed by atoms with van der Waals surface area (Å²) >= 11 is 0. The highest BCUT2D eigenvalue weighted by molar-refractivity contribution is 6.72. The van der Waals surface area contributed by atoms with E-state index in [0.717, 1.165) is 6.23 Å². The highest BCUT2D eigenvalue weighted by Crippen LogP contribution is 2.14. The van der Waals surface area contributed by atoms with E-state index >= 15 is 0 Å². The van der Waals surface area contributed by atoms with Gasteiger partial charge in [0.1, 0.15) is 6.23 Å². The Morgan fingerprint density at radius 3 is 1.83 bits per heavy atom. The fourth-order valence-electron chi connectivity index (χ4n) is 0.295. The molecule has 1 saturated heterocycles. The molecule has 2 nitrogen and oxygen atoms in total. The normalized spacial score (nSPS) is 29.0. The second-order valence-corrected chi connectivity index (χ2v) is 6.08. The molecule has 1 aliphatic heterocycles. The van der Waals surface area contributed by atoms with Crippen LogP contribution in [0.2, 0.25) is 13.1 Å². The van der Waals surface area contributed by atoms with Gasteiger partial charge in [-0.2, -0.15) is 0 Å². The largest absolute Gasteiger partial charge is 0.285 e. The first-order valence-electron chi connectivity index (χ1n) is 2.01. The SMILES string of the molecule is C[Si]1(C)COO1. The zero-order chi connectivity index (χ0) is 4.62. The van der Waals surface area contributed by atoms with E-state index in [9.17, 15) is 0 Å². The molecule has 0 atom stereocenters. The highest BCUT2D eigenvalue weighted by atomic mass is 28.4. The predicted molar refractivity (Wildman–Crippen MR) is 24.5 cm³/mol. The van der Waals surface area contributed by atoms with Crippen LogP contribution in [0, 0.1) is 0 Å². The van der Waals surface area contributed by atoms with Gasteiger partial charge in [-0.1, -0.05) is 0 Å². The van der Waals surface area contributed by atoms with Crippen molar-refractivity contribution in [3.05, 3.63) is 0 Å². The minimum Gasteiger partial charge on any atom is -0.285 e. The smallest absolute Gasteiger partial charge is 0.261 e. The number of hydrogen-bond donors (Lipinski definition) is 0. The summed E-state index contributed by atoms with van der Waals surface area (Å²) < 4.78 is 4.76. The quantitative estimate of drug-likeness (QED) is 0.332. The average molecular weight is 104 g/mol. The van der Waals surface area contributed by atoms with Crippen LogP contribution in [0.25, 0.3) is 0 Å². The van der Waals surface area contributed by atoms with E-state index in [4.69, 9.17) is 4.58 Å². The summed E-state index contributed by atoms with van der Waals surface area (Å²) in [5.74, 6) is 0. The molecule has 36 valence electrons. The fourth-order valence-corrected chi connectivity index (χ4v) is 0.884. The van der Waals surface area contributed by atoms with Gasteiger partial charge in [0, 0.05) is 0 Å². The van der Waals surface area contributed by atoms with Crippen LogP contribution in [0.3, 0.4) is 0 Å². The molecule has 1 rings (SSSR count). The van der Waals surface area contributed by atoms with Crippen LogP contribution in [-0.4, -0.2) is 14.5 Å². The Morgan fingerprint density at radius 1 is 1.50 bits per heavy atom. The van der Waals surface area contributed by atoms with E-state index in [1.54, 1.807) is 0 Å². The van der Waals surface area contributed by atoms with E-state index in [1.165, 1.54) is 0 Å². The Balaban J connectivity index is 2.31. The van der Waals surface area contributed by atoms with Gasteiger partial charge >= 0.3 is 0 Å². The topological polar surface area (TPSA) is 18.5 Å². The zero-order valence-corrected chi connectivity index (χ0v) is 5.02. The molecule has 1 heterocycles. The highest BCUT2D eigenvalue weighted by Gasteiger charge is 2.33. The molecule has 0 aromatic rings. The molecule has 3 heteroatoms. The van der Waals surface area contributed by atoms with Crippen LogP contribution in [0.1, 0.15) is 0 Å². The molecule has 0 unspecified atom stereocenters. The standard InChI is InChI=1S/C3H8O2Si/c1-6(2)3-4-5-6/h3H2,1-2H3. The van der Waals surface area contributed by atoms with Gasteiger partial charge in [-0.3, -0.25) is 4.58 Å². The minimum atomic E-state index is -1.17. The molecule has 0 spiro atoms. The van der Waals surface area contributed by atoms with E-state index < -0.39 is 8.32 Å². The van der Waals surface area contributed by atoms with Crippen LogP contribution in [0.15, 0.2) is 0 Å². The lowest BCUT2D eigenvalue weighted by molar-refractivity contribution is -0.260. The summed E-state index contributed by atoms with van der Waals surface area (Å²) in [5, 5.41) is 0. The lowest BCUT2D eigenvalue weighted by atomic mass is 11.7. The van der Waals surface area contributed by atoms with Crippen LogP contribution in [0.5, 0.6) is 0 Å². The van der Waals surface area contributed by atoms with Crippen LogP contribution in [-0.2, 0) is 9.46 Å². The Kier molecular flexibility index (Phi) is 0.755. The van der Waals surface area contributed by atoms with E-state index in [1.807, 2.05) is 0 Å². The fraction of sp³-hybridized carbons (Fsp3) is 1.00. The summed E-state index contributed by atoms with van der Waals surface area (Å²) in [6.07, 6.45) is 0.868. The van der Waals surface area contributed by atoms with Gasteiger partial charge in [0.05, 0.1) is 0 Å². The Morgan fingerprint density at radius 2 is 1.83 bits per heavy atom. The molecular formula is C3H8O2Si. The van der Waals surface area contributed by atoms with Crippen LogP contribution >= 0.6 is 0 Å². The summed E-state index contributed by atoms with van der Waals surface area (Å²) in [6.45, 7) is 4.24. The molecule has 6 heavy (non-hydrogen) atoms. The lowest BCUT2D eigenvalue weighted by Gasteiger charge is -2.29. The maximum atomic E-state index is 4.76. The average Bonchev–Trinajstić information content (AvgIpc) is 1.32. The van der Waals surface area contributed by atoms with Crippen molar-refractivity contribution in [1.29, 1.82) is 0 Å². The third kappa shape index (κ3) is 0.615. The predicted octanol–water partition coefficient (Wildman–Crippen LogP) is 0.692. The summed E-state index contributed by atoms with van der Waals surface area (Å²) in [7, 11) is -1.17. The van der Waals surface area contributed by atoms with Crippen molar-refractivity contribution in [1.82, 2.24) is 0 Å². The second-order valence-electron chi connectivity index (χ2n) is 2.11. The van der Waals surface area contributed by atoms with Gasteiger partial charge < -0.3 is 0 Å². The van der Waals surface area contributed by atoms with Crippen molar-refractivity contribution in [2.45, 2.75) is 13.1 Å². The van der Waals surface area contributed by atoms with E-state index in [-0.39, 0.29) is 0 Å². The first kappa shape index (κ1) is 4.30. The second kappa shape index (κ2) is 1.05.